The van der Waals surface area contributed by atoms with Gasteiger partial charge in [-0.3, -0.25) is 9.59 Å². The molecular weight excluding hydrogens is 310 g/mol. The van der Waals surface area contributed by atoms with E-state index in [1.54, 1.807) is 35.4 Å². The van der Waals surface area contributed by atoms with Crippen molar-refractivity contribution in [2.24, 2.45) is 5.41 Å². The first-order chi connectivity index (χ1) is 9.59. The minimum absolute atomic E-state index is 0.109. The van der Waals surface area contributed by atoms with E-state index in [9.17, 15) is 14.4 Å². The molecule has 0 aromatic carbocycles. The fraction of sp³-hybridized carbons (Fsp3) is 0.786. The van der Waals surface area contributed by atoms with Crippen LogP contribution >= 0.6 is 21.6 Å². The lowest BCUT2D eigenvalue weighted by atomic mass is 9.84. The molecule has 5 nitrogen and oxygen atoms in total. The summed E-state index contributed by atoms with van der Waals surface area (Å²) in [5.74, 6) is -0.435. The highest BCUT2D eigenvalue weighted by Gasteiger charge is 2.41. The third kappa shape index (κ3) is 5.21. The van der Waals surface area contributed by atoms with Crippen LogP contribution in [0.4, 0.5) is 0 Å². The van der Waals surface area contributed by atoms with Crippen LogP contribution in [0.2, 0.25) is 0 Å². The smallest absolute Gasteiger partial charge is 0.330 e. The van der Waals surface area contributed by atoms with Crippen molar-refractivity contribution in [3.63, 3.8) is 0 Å². The molecular formula is C14H23NO4S2. The first-order valence-electron chi connectivity index (χ1n) is 6.98. The third-order valence-electron chi connectivity index (χ3n) is 3.00. The summed E-state index contributed by atoms with van der Waals surface area (Å²) >= 11 is 0. The molecule has 1 rings (SSSR count). The number of nitrogens with zero attached hydrogens (tertiary/aromatic N) is 1. The minimum Gasteiger partial charge on any atom is -0.330 e. The second-order valence-corrected chi connectivity index (χ2v) is 9.56. The average Bonchev–Trinajstić information content (AvgIpc) is 2.67. The Kier molecular flexibility index (Phi) is 6.16. The van der Waals surface area contributed by atoms with Gasteiger partial charge in [0.05, 0.1) is 5.41 Å². The molecule has 1 heterocycles. The van der Waals surface area contributed by atoms with E-state index in [1.165, 1.54) is 0 Å². The summed E-state index contributed by atoms with van der Waals surface area (Å²) in [5.41, 5.74) is -0.770. The molecule has 1 aliphatic rings. The average molecular weight is 333 g/mol. The number of carbonyl (C=O) groups excluding carboxylic acids is 3. The molecule has 0 unspecified atom stereocenters. The Balaban J connectivity index is 2.66. The summed E-state index contributed by atoms with van der Waals surface area (Å²) in [7, 11) is 3.48. The first kappa shape index (κ1) is 18.4. The van der Waals surface area contributed by atoms with Gasteiger partial charge in [-0.05, 0) is 34.1 Å². The lowest BCUT2D eigenvalue weighted by molar-refractivity contribution is -0.204. The lowest BCUT2D eigenvalue weighted by Gasteiger charge is -2.32. The number of carbonyl (C=O) groups is 3. The summed E-state index contributed by atoms with van der Waals surface area (Å²) in [6, 6.07) is 0. The predicted octanol–water partition coefficient (Wildman–Crippen LogP) is 3.19. The molecule has 2 amide bonds. The SMILES string of the molecule is CCSSC(C)(C)CC(C)(C)C(=O)ON1C(=O)CCC1=O. The monoisotopic (exact) mass is 333 g/mol. The van der Waals surface area contributed by atoms with Crippen molar-refractivity contribution in [1.29, 1.82) is 0 Å². The third-order valence-corrected chi connectivity index (χ3v) is 6.37. The maximum Gasteiger partial charge on any atom is 0.338 e. The van der Waals surface area contributed by atoms with Crippen LogP contribution in [0.1, 0.15) is 53.9 Å². The molecule has 0 atom stereocenters. The molecule has 1 fully saturated rings. The quantitative estimate of drug-likeness (QED) is 0.527. The van der Waals surface area contributed by atoms with E-state index >= 15 is 0 Å². The van der Waals surface area contributed by atoms with Crippen LogP contribution in [0.3, 0.4) is 0 Å². The second-order valence-electron chi connectivity index (χ2n) is 6.27. The van der Waals surface area contributed by atoms with Gasteiger partial charge in [-0.15, -0.1) is 5.06 Å². The Bertz CT molecular complexity index is 419. The van der Waals surface area contributed by atoms with Crippen molar-refractivity contribution in [2.45, 2.75) is 58.6 Å². The highest BCUT2D eigenvalue weighted by atomic mass is 33.1. The van der Waals surface area contributed by atoms with E-state index in [0.29, 0.717) is 11.5 Å². The van der Waals surface area contributed by atoms with Crippen molar-refractivity contribution >= 4 is 39.4 Å². The van der Waals surface area contributed by atoms with E-state index in [2.05, 4.69) is 20.8 Å². The van der Waals surface area contributed by atoms with Crippen LogP contribution in [0.25, 0.3) is 0 Å². The molecule has 1 saturated heterocycles. The van der Waals surface area contributed by atoms with Gasteiger partial charge < -0.3 is 4.84 Å². The Morgan fingerprint density at radius 3 is 2.19 bits per heavy atom. The molecule has 0 aromatic heterocycles. The van der Waals surface area contributed by atoms with Crippen LogP contribution in [0, 0.1) is 5.41 Å². The Labute approximate surface area is 133 Å². The molecule has 0 spiro atoms. The van der Waals surface area contributed by atoms with Crippen LogP contribution < -0.4 is 0 Å². The van der Waals surface area contributed by atoms with Crippen molar-refractivity contribution in [2.75, 3.05) is 5.75 Å². The molecule has 1 aliphatic heterocycles. The fourth-order valence-electron chi connectivity index (χ4n) is 2.25. The van der Waals surface area contributed by atoms with Gasteiger partial charge in [-0.2, -0.15) is 0 Å². The number of hydrogen-bond acceptors (Lipinski definition) is 6. The van der Waals surface area contributed by atoms with Gasteiger partial charge >= 0.3 is 5.97 Å². The highest BCUT2D eigenvalue weighted by molar-refractivity contribution is 8.77. The zero-order chi connectivity index (χ0) is 16.3. The van der Waals surface area contributed by atoms with Crippen LogP contribution in [0.5, 0.6) is 0 Å². The van der Waals surface area contributed by atoms with E-state index < -0.39 is 23.2 Å². The van der Waals surface area contributed by atoms with E-state index in [1.807, 2.05) is 0 Å². The van der Waals surface area contributed by atoms with Crippen molar-refractivity contribution in [3.8, 4) is 0 Å². The summed E-state index contributed by atoms with van der Waals surface area (Å²) < 4.78 is -0.109. The molecule has 0 radical (unpaired) electrons. The molecule has 120 valence electrons. The van der Waals surface area contributed by atoms with Crippen molar-refractivity contribution in [3.05, 3.63) is 0 Å². The zero-order valence-electron chi connectivity index (χ0n) is 13.2. The number of hydroxylamine groups is 2. The largest absolute Gasteiger partial charge is 0.338 e. The molecule has 0 N–H and O–H groups in total. The van der Waals surface area contributed by atoms with Gasteiger partial charge in [0.1, 0.15) is 0 Å². The maximum absolute atomic E-state index is 12.3. The van der Waals surface area contributed by atoms with Gasteiger partial charge in [0.2, 0.25) is 0 Å². The normalized spacial score (nSPS) is 16.5. The summed E-state index contributed by atoms with van der Waals surface area (Å²) in [6.07, 6.45) is 0.814. The molecule has 0 bridgehead atoms. The second kappa shape index (κ2) is 7.05. The Morgan fingerprint density at radius 1 is 1.19 bits per heavy atom. The number of imide groups is 1. The zero-order valence-corrected chi connectivity index (χ0v) is 14.9. The van der Waals surface area contributed by atoms with Gasteiger partial charge in [0.25, 0.3) is 11.8 Å². The van der Waals surface area contributed by atoms with Gasteiger partial charge in [0.15, 0.2) is 0 Å². The Morgan fingerprint density at radius 2 is 1.71 bits per heavy atom. The summed E-state index contributed by atoms with van der Waals surface area (Å²) in [5, 5.41) is 0.616. The lowest BCUT2D eigenvalue weighted by Crippen LogP contribution is -2.40. The van der Waals surface area contributed by atoms with Crippen molar-refractivity contribution < 1.29 is 19.2 Å². The van der Waals surface area contributed by atoms with Crippen LogP contribution in [-0.4, -0.2) is 33.3 Å². The van der Waals surface area contributed by atoms with Gasteiger partial charge in [-0.1, -0.05) is 28.5 Å². The van der Waals surface area contributed by atoms with E-state index in [-0.39, 0.29) is 17.6 Å². The number of hydrogen-bond donors (Lipinski definition) is 0. The molecule has 7 heteroatoms. The first-order valence-corrected chi connectivity index (χ1v) is 9.30. The van der Waals surface area contributed by atoms with Crippen LogP contribution in [-0.2, 0) is 19.2 Å². The van der Waals surface area contributed by atoms with E-state index in [0.717, 1.165) is 5.75 Å². The van der Waals surface area contributed by atoms with Gasteiger partial charge in [-0.25, -0.2) is 4.79 Å². The molecule has 0 aliphatic carbocycles. The van der Waals surface area contributed by atoms with Crippen LogP contribution in [0.15, 0.2) is 0 Å². The fourth-order valence-corrected chi connectivity index (χ4v) is 4.59. The van der Waals surface area contributed by atoms with Crippen molar-refractivity contribution in [1.82, 2.24) is 5.06 Å². The molecule has 0 aromatic rings. The topological polar surface area (TPSA) is 63.7 Å². The number of amides is 2. The predicted molar refractivity (Wildman–Crippen MR) is 85.4 cm³/mol. The van der Waals surface area contributed by atoms with E-state index in [4.69, 9.17) is 4.84 Å². The molecule has 21 heavy (non-hydrogen) atoms. The molecule has 0 saturated carbocycles. The van der Waals surface area contributed by atoms with Gasteiger partial charge in [0, 0.05) is 23.3 Å². The maximum atomic E-state index is 12.3. The highest BCUT2D eigenvalue weighted by Crippen LogP contribution is 2.43. The summed E-state index contributed by atoms with van der Waals surface area (Å²) in [4.78, 5) is 40.3. The number of rotatable bonds is 7. The Hall–Kier alpha value is -0.690. The minimum atomic E-state index is -0.770. The standard InChI is InChI=1S/C14H23NO4S2/c1-6-20-21-14(4,5)9-13(2,3)12(18)19-15-10(16)7-8-11(15)17/h6-9H2,1-5H3. The summed E-state index contributed by atoms with van der Waals surface area (Å²) in [6.45, 7) is 9.78.